The fourth-order valence-electron chi connectivity index (χ4n) is 2.15. The topological polar surface area (TPSA) is 63.6 Å². The van der Waals surface area contributed by atoms with Gasteiger partial charge in [-0.2, -0.15) is 0 Å². The molecule has 1 N–H and O–H groups in total. The summed E-state index contributed by atoms with van der Waals surface area (Å²) in [6.07, 6.45) is 2.51. The summed E-state index contributed by atoms with van der Waals surface area (Å²) in [5.41, 5.74) is 2.35. The molecule has 0 radical (unpaired) electrons. The molecule has 0 saturated heterocycles. The number of hydrogen-bond acceptors (Lipinski definition) is 3. The lowest BCUT2D eigenvalue weighted by molar-refractivity contribution is -0.131. The van der Waals surface area contributed by atoms with Crippen molar-refractivity contribution in [3.63, 3.8) is 0 Å². The van der Waals surface area contributed by atoms with Crippen LogP contribution in [0.5, 0.6) is 5.75 Å². The second-order valence-corrected chi connectivity index (χ2v) is 5.05. The Morgan fingerprint density at radius 1 is 1.09 bits per heavy atom. The molecule has 2 rings (SSSR count). The molecule has 0 bridgehead atoms. The molecule has 0 fully saturated rings. The van der Waals surface area contributed by atoms with Crippen LogP contribution in [0, 0.1) is 19.7 Å². The highest BCUT2D eigenvalue weighted by atomic mass is 19.1. The molecule has 0 aliphatic heterocycles. The minimum absolute atomic E-state index is 0.250. The molecule has 0 spiro atoms. The Kier molecular flexibility index (Phi) is 4.91. The summed E-state index contributed by atoms with van der Waals surface area (Å²) in [4.78, 5) is 22.6. The highest BCUT2D eigenvalue weighted by Crippen LogP contribution is 2.26. The predicted octanol–water partition coefficient (Wildman–Crippen LogP) is 3.76. The van der Waals surface area contributed by atoms with Crippen LogP contribution in [0.1, 0.15) is 27.0 Å². The van der Waals surface area contributed by atoms with Gasteiger partial charge in [-0.3, -0.25) is 0 Å². The number of aliphatic carboxylic acids is 1. The third kappa shape index (κ3) is 4.26. The van der Waals surface area contributed by atoms with Gasteiger partial charge >= 0.3 is 11.9 Å². The third-order valence-corrected chi connectivity index (χ3v) is 3.18. The molecule has 0 aliphatic rings. The van der Waals surface area contributed by atoms with Crippen LogP contribution >= 0.6 is 0 Å². The molecule has 118 valence electrons. The van der Waals surface area contributed by atoms with E-state index in [1.165, 1.54) is 30.3 Å². The fraction of sp³-hybridized carbons (Fsp3) is 0.111. The number of carbonyl (C=O) groups excluding carboxylic acids is 1. The Morgan fingerprint density at radius 2 is 1.65 bits per heavy atom. The van der Waals surface area contributed by atoms with Crippen molar-refractivity contribution in [2.24, 2.45) is 0 Å². The van der Waals surface area contributed by atoms with Gasteiger partial charge in [0.15, 0.2) is 0 Å². The first-order valence-electron chi connectivity index (χ1n) is 6.87. The first-order chi connectivity index (χ1) is 10.9. The van der Waals surface area contributed by atoms with Crippen LogP contribution in [-0.4, -0.2) is 17.0 Å². The number of aryl methyl sites for hydroxylation is 2. The van der Waals surface area contributed by atoms with Crippen molar-refractivity contribution in [3.8, 4) is 5.75 Å². The number of ether oxygens (including phenoxy) is 1. The number of hydrogen-bond donors (Lipinski definition) is 1. The SMILES string of the molecule is Cc1cc(/C=C/C(=O)O)cc(C)c1OC(=O)c1ccc(F)cc1. The molecule has 0 aliphatic carbocycles. The number of halogens is 1. The average molecular weight is 314 g/mol. The summed E-state index contributed by atoms with van der Waals surface area (Å²) in [5.74, 6) is -1.63. The van der Waals surface area contributed by atoms with Crippen molar-refractivity contribution < 1.29 is 23.8 Å². The van der Waals surface area contributed by atoms with Gasteiger partial charge in [0, 0.05) is 6.08 Å². The number of benzene rings is 2. The second kappa shape index (κ2) is 6.87. The first kappa shape index (κ1) is 16.4. The second-order valence-electron chi connectivity index (χ2n) is 5.05. The van der Waals surface area contributed by atoms with Crippen LogP contribution in [0.2, 0.25) is 0 Å². The molecule has 0 unspecified atom stereocenters. The number of carboxylic acid groups (broad SMARTS) is 1. The maximum absolute atomic E-state index is 12.9. The predicted molar refractivity (Wildman–Crippen MR) is 83.9 cm³/mol. The van der Waals surface area contributed by atoms with E-state index in [9.17, 15) is 14.0 Å². The minimum Gasteiger partial charge on any atom is -0.478 e. The first-order valence-corrected chi connectivity index (χ1v) is 6.87. The van der Waals surface area contributed by atoms with E-state index in [2.05, 4.69) is 0 Å². The van der Waals surface area contributed by atoms with Gasteiger partial charge in [-0.1, -0.05) is 0 Å². The van der Waals surface area contributed by atoms with Crippen molar-refractivity contribution in [1.82, 2.24) is 0 Å². The summed E-state index contributed by atoms with van der Waals surface area (Å²) in [5, 5.41) is 8.65. The van der Waals surface area contributed by atoms with E-state index < -0.39 is 17.8 Å². The Morgan fingerprint density at radius 3 is 2.17 bits per heavy atom. The zero-order valence-electron chi connectivity index (χ0n) is 12.7. The van der Waals surface area contributed by atoms with Gasteiger partial charge in [0.1, 0.15) is 11.6 Å². The number of esters is 1. The standard InChI is InChI=1S/C18H15FO4/c1-11-9-13(3-8-16(20)21)10-12(2)17(11)23-18(22)14-4-6-15(19)7-5-14/h3-10H,1-2H3,(H,20,21)/b8-3+. The highest BCUT2D eigenvalue weighted by Gasteiger charge is 2.13. The molecule has 2 aromatic carbocycles. The van der Waals surface area contributed by atoms with Gasteiger partial charge in [0.2, 0.25) is 0 Å². The summed E-state index contributed by atoms with van der Waals surface area (Å²) in [6, 6.07) is 8.53. The lowest BCUT2D eigenvalue weighted by atomic mass is 10.1. The van der Waals surface area contributed by atoms with E-state index >= 15 is 0 Å². The molecule has 5 heteroatoms. The monoisotopic (exact) mass is 314 g/mol. The normalized spacial score (nSPS) is 10.7. The largest absolute Gasteiger partial charge is 0.478 e. The van der Waals surface area contributed by atoms with Gasteiger partial charge in [-0.25, -0.2) is 14.0 Å². The van der Waals surface area contributed by atoms with Crippen LogP contribution < -0.4 is 4.74 Å². The van der Waals surface area contributed by atoms with Crippen molar-refractivity contribution in [1.29, 1.82) is 0 Å². The van der Waals surface area contributed by atoms with Gasteiger partial charge < -0.3 is 9.84 Å². The van der Waals surface area contributed by atoms with E-state index in [0.29, 0.717) is 22.4 Å². The molecule has 0 atom stereocenters. The lowest BCUT2D eigenvalue weighted by Crippen LogP contribution is -2.10. The molecular weight excluding hydrogens is 299 g/mol. The Hall–Kier alpha value is -2.95. The van der Waals surface area contributed by atoms with Crippen LogP contribution in [0.3, 0.4) is 0 Å². The van der Waals surface area contributed by atoms with Crippen LogP contribution in [0.4, 0.5) is 4.39 Å². The van der Waals surface area contributed by atoms with Crippen LogP contribution in [-0.2, 0) is 4.79 Å². The summed E-state index contributed by atoms with van der Waals surface area (Å²) in [6.45, 7) is 3.52. The molecular formula is C18H15FO4. The number of rotatable bonds is 4. The lowest BCUT2D eigenvalue weighted by Gasteiger charge is -2.11. The maximum Gasteiger partial charge on any atom is 0.343 e. The van der Waals surface area contributed by atoms with E-state index in [4.69, 9.17) is 9.84 Å². The van der Waals surface area contributed by atoms with Gasteiger partial charge in [0.25, 0.3) is 0 Å². The van der Waals surface area contributed by atoms with Gasteiger partial charge in [-0.15, -0.1) is 0 Å². The zero-order valence-corrected chi connectivity index (χ0v) is 12.7. The number of carbonyl (C=O) groups is 2. The quantitative estimate of drug-likeness (QED) is 0.530. The average Bonchev–Trinajstić information content (AvgIpc) is 2.49. The molecule has 0 aromatic heterocycles. The van der Waals surface area contributed by atoms with E-state index in [1.54, 1.807) is 26.0 Å². The van der Waals surface area contributed by atoms with Gasteiger partial charge in [0.05, 0.1) is 5.56 Å². The zero-order chi connectivity index (χ0) is 17.0. The minimum atomic E-state index is -1.04. The molecule has 23 heavy (non-hydrogen) atoms. The molecule has 0 saturated carbocycles. The molecule has 2 aromatic rings. The van der Waals surface area contributed by atoms with E-state index in [0.717, 1.165) is 6.08 Å². The summed E-state index contributed by atoms with van der Waals surface area (Å²) >= 11 is 0. The molecule has 0 amide bonds. The van der Waals surface area contributed by atoms with E-state index in [1.807, 2.05) is 0 Å². The smallest absolute Gasteiger partial charge is 0.343 e. The Bertz CT molecular complexity index is 753. The van der Waals surface area contributed by atoms with Crippen molar-refractivity contribution in [3.05, 3.63) is 70.5 Å². The fourth-order valence-corrected chi connectivity index (χ4v) is 2.15. The highest BCUT2D eigenvalue weighted by molar-refractivity contribution is 5.91. The van der Waals surface area contributed by atoms with Crippen molar-refractivity contribution in [2.75, 3.05) is 0 Å². The van der Waals surface area contributed by atoms with Gasteiger partial charge in [-0.05, 0) is 73.0 Å². The Balaban J connectivity index is 2.24. The van der Waals surface area contributed by atoms with E-state index in [-0.39, 0.29) is 5.56 Å². The molecule has 0 heterocycles. The van der Waals surface area contributed by atoms with Crippen LogP contribution in [0.15, 0.2) is 42.5 Å². The number of carboxylic acids is 1. The maximum atomic E-state index is 12.9. The van der Waals surface area contributed by atoms with Crippen molar-refractivity contribution >= 4 is 18.0 Å². The van der Waals surface area contributed by atoms with Crippen molar-refractivity contribution in [2.45, 2.75) is 13.8 Å². The van der Waals surface area contributed by atoms with Crippen LogP contribution in [0.25, 0.3) is 6.08 Å². The molecule has 4 nitrogen and oxygen atoms in total. The summed E-state index contributed by atoms with van der Waals surface area (Å²) < 4.78 is 18.3. The Labute approximate surface area is 132 Å². The summed E-state index contributed by atoms with van der Waals surface area (Å²) in [7, 11) is 0. The third-order valence-electron chi connectivity index (χ3n) is 3.18.